The van der Waals surface area contributed by atoms with E-state index < -0.39 is 0 Å². The molecule has 7 nitrogen and oxygen atoms in total. The van der Waals surface area contributed by atoms with Gasteiger partial charge in [0.1, 0.15) is 0 Å². The molecule has 0 atom stereocenters. The molecule has 24 heavy (non-hydrogen) atoms. The number of ether oxygens (including phenoxy) is 1. The smallest absolute Gasteiger partial charge is 0.252 e. The van der Waals surface area contributed by atoms with Crippen LogP contribution in [0, 0.1) is 6.92 Å². The van der Waals surface area contributed by atoms with Gasteiger partial charge in [-0.05, 0) is 26.8 Å². The zero-order chi connectivity index (χ0) is 17.1. The molecule has 1 saturated heterocycles. The molecule has 0 saturated carbocycles. The van der Waals surface area contributed by atoms with Crippen LogP contribution in [-0.2, 0) is 4.74 Å². The van der Waals surface area contributed by atoms with Crippen LogP contribution in [0.15, 0.2) is 12.3 Å². The van der Waals surface area contributed by atoms with Crippen LogP contribution in [-0.4, -0.2) is 65.0 Å². The number of morpholine rings is 1. The van der Waals surface area contributed by atoms with Crippen molar-refractivity contribution < 1.29 is 9.53 Å². The number of hydrogen-bond donors (Lipinski definition) is 1. The highest BCUT2D eigenvalue weighted by Gasteiger charge is 2.17. The average molecular weight is 331 g/mol. The second-order valence-electron chi connectivity index (χ2n) is 6.44. The summed E-state index contributed by atoms with van der Waals surface area (Å²) in [4.78, 5) is 19.5. The number of hydrogen-bond acceptors (Lipinski definition) is 5. The van der Waals surface area contributed by atoms with Crippen molar-refractivity contribution in [1.29, 1.82) is 0 Å². The summed E-state index contributed by atoms with van der Waals surface area (Å²) in [5.74, 6) is -0.0675. The molecule has 1 aliphatic rings. The van der Waals surface area contributed by atoms with E-state index in [1.165, 1.54) is 0 Å². The molecule has 1 N–H and O–H groups in total. The molecule has 1 aliphatic heterocycles. The molecular formula is C17H25N5O2. The standard InChI is InChI=1S/C17H25N5O2/c1-12(2)22-16-15(11-19-22)14(10-13(3)20-16)17(23)18-4-5-21-6-8-24-9-7-21/h10-12H,4-9H2,1-3H3,(H,18,23). The maximum absolute atomic E-state index is 12.6. The Bertz CT molecular complexity index is 719. The summed E-state index contributed by atoms with van der Waals surface area (Å²) >= 11 is 0. The van der Waals surface area contributed by atoms with Crippen molar-refractivity contribution in [3.63, 3.8) is 0 Å². The van der Waals surface area contributed by atoms with E-state index in [0.717, 1.165) is 49.6 Å². The van der Waals surface area contributed by atoms with Gasteiger partial charge in [-0.15, -0.1) is 0 Å². The monoisotopic (exact) mass is 331 g/mol. The molecule has 3 rings (SSSR count). The van der Waals surface area contributed by atoms with Gasteiger partial charge >= 0.3 is 0 Å². The largest absolute Gasteiger partial charge is 0.379 e. The number of carbonyl (C=O) groups excluding carboxylic acids is 1. The predicted octanol–water partition coefficient (Wildman–Crippen LogP) is 1.38. The van der Waals surface area contributed by atoms with Crippen molar-refractivity contribution in [2.45, 2.75) is 26.8 Å². The Kier molecular flexibility index (Phi) is 5.11. The molecule has 0 spiro atoms. The molecule has 7 heteroatoms. The third kappa shape index (κ3) is 3.57. The summed E-state index contributed by atoms with van der Waals surface area (Å²) < 4.78 is 7.19. The fourth-order valence-corrected chi connectivity index (χ4v) is 2.96. The van der Waals surface area contributed by atoms with Crippen LogP contribution in [0.1, 0.15) is 35.9 Å². The van der Waals surface area contributed by atoms with E-state index in [1.54, 1.807) is 6.20 Å². The molecule has 2 aromatic heterocycles. The number of fused-ring (bicyclic) bond motifs is 1. The van der Waals surface area contributed by atoms with Crippen molar-refractivity contribution in [1.82, 2.24) is 25.0 Å². The second-order valence-corrected chi connectivity index (χ2v) is 6.44. The number of nitrogens with zero attached hydrogens (tertiary/aromatic N) is 4. The van der Waals surface area contributed by atoms with Crippen LogP contribution in [0.3, 0.4) is 0 Å². The maximum Gasteiger partial charge on any atom is 0.252 e. The summed E-state index contributed by atoms with van der Waals surface area (Å²) in [5.41, 5.74) is 2.23. The number of carbonyl (C=O) groups is 1. The van der Waals surface area contributed by atoms with E-state index in [1.807, 2.05) is 17.7 Å². The van der Waals surface area contributed by atoms with Crippen LogP contribution >= 0.6 is 0 Å². The van der Waals surface area contributed by atoms with E-state index in [9.17, 15) is 4.79 Å². The van der Waals surface area contributed by atoms with E-state index in [-0.39, 0.29) is 11.9 Å². The van der Waals surface area contributed by atoms with Crippen LogP contribution < -0.4 is 5.32 Å². The van der Waals surface area contributed by atoms with Gasteiger partial charge in [-0.2, -0.15) is 5.10 Å². The van der Waals surface area contributed by atoms with Gasteiger partial charge in [0.2, 0.25) is 0 Å². The topological polar surface area (TPSA) is 72.3 Å². The van der Waals surface area contributed by atoms with Crippen molar-refractivity contribution in [2.24, 2.45) is 0 Å². The number of nitrogens with one attached hydrogen (secondary N) is 1. The van der Waals surface area contributed by atoms with Gasteiger partial charge in [0.05, 0.1) is 30.4 Å². The highest BCUT2D eigenvalue weighted by molar-refractivity contribution is 6.05. The number of aryl methyl sites for hydroxylation is 1. The first kappa shape index (κ1) is 16.9. The number of pyridine rings is 1. The Morgan fingerprint density at radius 3 is 2.83 bits per heavy atom. The summed E-state index contributed by atoms with van der Waals surface area (Å²) in [7, 11) is 0. The average Bonchev–Trinajstić information content (AvgIpc) is 2.98. The molecule has 0 unspecified atom stereocenters. The van der Waals surface area contributed by atoms with Crippen LogP contribution in [0.25, 0.3) is 11.0 Å². The summed E-state index contributed by atoms with van der Waals surface area (Å²) in [5, 5.41) is 8.21. The molecule has 1 amide bonds. The first-order valence-electron chi connectivity index (χ1n) is 8.49. The highest BCUT2D eigenvalue weighted by atomic mass is 16.5. The molecule has 3 heterocycles. The van der Waals surface area contributed by atoms with Gasteiger partial charge in [0.15, 0.2) is 5.65 Å². The third-order valence-electron chi connectivity index (χ3n) is 4.25. The van der Waals surface area contributed by atoms with Gasteiger partial charge in [0.25, 0.3) is 5.91 Å². The minimum atomic E-state index is -0.0675. The maximum atomic E-state index is 12.6. The van der Waals surface area contributed by atoms with Gasteiger partial charge in [-0.25, -0.2) is 9.67 Å². The molecule has 130 valence electrons. The van der Waals surface area contributed by atoms with Crippen molar-refractivity contribution in [3.05, 3.63) is 23.5 Å². The Labute approximate surface area is 142 Å². The van der Waals surface area contributed by atoms with Crippen molar-refractivity contribution in [3.8, 4) is 0 Å². The SMILES string of the molecule is Cc1cc(C(=O)NCCN2CCOCC2)c2cnn(C(C)C)c2n1. The molecule has 0 bridgehead atoms. The fourth-order valence-electron chi connectivity index (χ4n) is 2.96. The van der Waals surface area contributed by atoms with Gasteiger partial charge < -0.3 is 10.1 Å². The number of rotatable bonds is 5. The van der Waals surface area contributed by atoms with Gasteiger partial charge in [-0.1, -0.05) is 0 Å². The zero-order valence-corrected chi connectivity index (χ0v) is 14.6. The number of amides is 1. The number of aromatic nitrogens is 3. The first-order chi connectivity index (χ1) is 11.6. The highest BCUT2D eigenvalue weighted by Crippen LogP contribution is 2.20. The van der Waals surface area contributed by atoms with Gasteiger partial charge in [-0.3, -0.25) is 9.69 Å². The summed E-state index contributed by atoms with van der Waals surface area (Å²) in [6.07, 6.45) is 1.73. The minimum Gasteiger partial charge on any atom is -0.379 e. The molecule has 1 fully saturated rings. The summed E-state index contributed by atoms with van der Waals surface area (Å²) in [6, 6.07) is 2.03. The van der Waals surface area contributed by atoms with E-state index in [4.69, 9.17) is 4.74 Å². The molecule has 0 radical (unpaired) electrons. The van der Waals surface area contributed by atoms with Crippen LogP contribution in [0.5, 0.6) is 0 Å². The lowest BCUT2D eigenvalue weighted by Gasteiger charge is -2.26. The molecular weight excluding hydrogens is 306 g/mol. The van der Waals surface area contributed by atoms with E-state index in [2.05, 4.69) is 34.1 Å². The normalized spacial score (nSPS) is 16.0. The Hall–Kier alpha value is -1.99. The van der Waals surface area contributed by atoms with Gasteiger partial charge in [0, 0.05) is 37.9 Å². The lowest BCUT2D eigenvalue weighted by atomic mass is 10.1. The predicted molar refractivity (Wildman–Crippen MR) is 92.2 cm³/mol. The second kappa shape index (κ2) is 7.27. The molecule has 0 aliphatic carbocycles. The Balaban J connectivity index is 1.72. The lowest BCUT2D eigenvalue weighted by Crippen LogP contribution is -2.41. The molecule has 2 aromatic rings. The quantitative estimate of drug-likeness (QED) is 0.896. The van der Waals surface area contributed by atoms with Crippen molar-refractivity contribution in [2.75, 3.05) is 39.4 Å². The third-order valence-corrected chi connectivity index (χ3v) is 4.25. The van der Waals surface area contributed by atoms with E-state index in [0.29, 0.717) is 12.1 Å². The lowest BCUT2D eigenvalue weighted by molar-refractivity contribution is 0.0383. The van der Waals surface area contributed by atoms with Crippen LogP contribution in [0.4, 0.5) is 0 Å². The van der Waals surface area contributed by atoms with E-state index >= 15 is 0 Å². The Morgan fingerprint density at radius 2 is 2.12 bits per heavy atom. The minimum absolute atomic E-state index is 0.0675. The first-order valence-corrected chi connectivity index (χ1v) is 8.49. The summed E-state index contributed by atoms with van der Waals surface area (Å²) in [6.45, 7) is 10.9. The zero-order valence-electron chi connectivity index (χ0n) is 14.6. The molecule has 0 aromatic carbocycles. The Morgan fingerprint density at radius 1 is 1.38 bits per heavy atom. The van der Waals surface area contributed by atoms with Crippen molar-refractivity contribution >= 4 is 16.9 Å². The van der Waals surface area contributed by atoms with Crippen LogP contribution in [0.2, 0.25) is 0 Å². The fraction of sp³-hybridized carbons (Fsp3) is 0.588.